The Bertz CT molecular complexity index is 3040. The lowest BCUT2D eigenvalue weighted by Gasteiger charge is -2.34. The Kier molecular flexibility index (Phi) is 9.29. The van der Waals surface area contributed by atoms with Crippen molar-refractivity contribution in [2.75, 3.05) is 9.80 Å². The molecule has 1 aliphatic heterocycles. The second-order valence-corrected chi connectivity index (χ2v) is 15.8. The zero-order valence-corrected chi connectivity index (χ0v) is 33.7. The molecule has 0 aliphatic carbocycles. The van der Waals surface area contributed by atoms with Crippen molar-refractivity contribution >= 4 is 44.9 Å². The first-order valence-electron chi connectivity index (χ1n) is 21.0. The van der Waals surface area contributed by atoms with Crippen molar-refractivity contribution in [1.82, 2.24) is 0 Å². The zero-order valence-electron chi connectivity index (χ0n) is 33.7. The molecule has 10 aromatic carbocycles. The summed E-state index contributed by atoms with van der Waals surface area (Å²) in [6.45, 7) is 0. The van der Waals surface area contributed by atoms with Gasteiger partial charge in [0.25, 0.3) is 0 Å². The molecule has 10 aromatic rings. The van der Waals surface area contributed by atoms with Crippen LogP contribution in [0.25, 0.3) is 55.3 Å². The number of fused-ring (bicyclic) bond motifs is 3. The van der Waals surface area contributed by atoms with Gasteiger partial charge in [-0.25, -0.2) is 0 Å². The van der Waals surface area contributed by atoms with Gasteiger partial charge in [-0.15, -0.1) is 0 Å². The Morgan fingerprint density at radius 3 is 1.15 bits per heavy atom. The molecule has 0 aromatic heterocycles. The normalized spacial score (nSPS) is 11.8. The van der Waals surface area contributed by atoms with Crippen molar-refractivity contribution in [1.29, 1.82) is 0 Å². The van der Waals surface area contributed by atoms with Crippen LogP contribution in [-0.2, 0) is 6.42 Å². The Hall–Kier alpha value is -7.94. The third-order valence-electron chi connectivity index (χ3n) is 12.0. The number of nitrogens with zero attached hydrogens (tertiary/aromatic N) is 2. The van der Waals surface area contributed by atoms with E-state index in [1.807, 2.05) is 0 Å². The molecule has 2 nitrogen and oxygen atoms in total. The Morgan fingerprint density at radius 1 is 0.279 bits per heavy atom. The van der Waals surface area contributed by atoms with Gasteiger partial charge in [-0.1, -0.05) is 164 Å². The van der Waals surface area contributed by atoms with Crippen LogP contribution in [0.2, 0.25) is 0 Å². The first-order valence-corrected chi connectivity index (χ1v) is 21.0. The highest BCUT2D eigenvalue weighted by Crippen LogP contribution is 2.46. The van der Waals surface area contributed by atoms with Crippen LogP contribution in [0.1, 0.15) is 11.1 Å². The van der Waals surface area contributed by atoms with E-state index in [9.17, 15) is 0 Å². The third kappa shape index (κ3) is 7.05. The predicted molar refractivity (Wildman–Crippen MR) is 258 cm³/mol. The zero-order chi connectivity index (χ0) is 40.5. The second-order valence-electron chi connectivity index (χ2n) is 15.8. The number of rotatable bonds is 8. The summed E-state index contributed by atoms with van der Waals surface area (Å²) >= 11 is 0. The fraction of sp³-hybridized carbons (Fsp3) is 0.0169. The van der Waals surface area contributed by atoms with Gasteiger partial charge >= 0.3 is 0 Å². The maximum absolute atomic E-state index is 2.43. The minimum absolute atomic E-state index is 0.854. The molecule has 1 aliphatic rings. The van der Waals surface area contributed by atoms with E-state index in [1.54, 1.807) is 0 Å². The van der Waals surface area contributed by atoms with Gasteiger partial charge in [-0.2, -0.15) is 0 Å². The molecule has 0 bridgehead atoms. The van der Waals surface area contributed by atoms with Crippen LogP contribution in [0.3, 0.4) is 0 Å². The average Bonchev–Trinajstić information content (AvgIpc) is 3.34. The van der Waals surface area contributed by atoms with Crippen LogP contribution in [0.15, 0.2) is 243 Å². The molecule has 11 rings (SSSR count). The highest BCUT2D eigenvalue weighted by Gasteiger charge is 2.25. The van der Waals surface area contributed by atoms with Crippen molar-refractivity contribution in [3.8, 4) is 44.5 Å². The minimum atomic E-state index is 0.854. The van der Waals surface area contributed by atoms with Gasteiger partial charge in [0, 0.05) is 40.5 Å². The lowest BCUT2D eigenvalue weighted by Crippen LogP contribution is -2.18. The van der Waals surface area contributed by atoms with Crippen molar-refractivity contribution in [2.45, 2.75) is 6.42 Å². The van der Waals surface area contributed by atoms with Gasteiger partial charge in [0.15, 0.2) is 0 Å². The topological polar surface area (TPSA) is 6.48 Å². The van der Waals surface area contributed by atoms with E-state index in [0.29, 0.717) is 0 Å². The highest BCUT2D eigenvalue weighted by atomic mass is 15.2. The van der Waals surface area contributed by atoms with E-state index in [-0.39, 0.29) is 0 Å². The fourth-order valence-corrected chi connectivity index (χ4v) is 8.93. The largest absolute Gasteiger partial charge is 0.311 e. The molecule has 0 saturated carbocycles. The highest BCUT2D eigenvalue weighted by molar-refractivity contribution is 5.90. The summed E-state index contributed by atoms with van der Waals surface area (Å²) in [6, 6.07) is 88.1. The maximum atomic E-state index is 2.43. The van der Waals surface area contributed by atoms with Crippen LogP contribution < -0.4 is 9.80 Å². The summed E-state index contributed by atoms with van der Waals surface area (Å²) in [6.07, 6.45) is 0.854. The SMILES string of the molecule is c1ccc(-c2ccc(N(c3ccc(-c4ccccc4)cc3)c3ccc(-c4ccc5c(c4)Cc4cc(-c6ccc7ccccc7c6)ccc4N5c4ccccc4)cc3)cc2)cc1. The van der Waals surface area contributed by atoms with Gasteiger partial charge < -0.3 is 9.80 Å². The predicted octanol–water partition coefficient (Wildman–Crippen LogP) is 16.4. The second kappa shape index (κ2) is 15.7. The van der Waals surface area contributed by atoms with Crippen molar-refractivity contribution in [3.05, 3.63) is 254 Å². The number of hydrogen-bond acceptors (Lipinski definition) is 2. The quantitative estimate of drug-likeness (QED) is 0.152. The molecular weight excluding hydrogens is 737 g/mol. The van der Waals surface area contributed by atoms with E-state index in [0.717, 1.165) is 29.2 Å². The lowest BCUT2D eigenvalue weighted by atomic mass is 9.90. The van der Waals surface area contributed by atoms with Crippen LogP contribution in [0.4, 0.5) is 34.1 Å². The number of hydrogen-bond donors (Lipinski definition) is 0. The Labute approximate surface area is 357 Å². The summed E-state index contributed by atoms with van der Waals surface area (Å²) in [7, 11) is 0. The fourth-order valence-electron chi connectivity index (χ4n) is 8.93. The van der Waals surface area contributed by atoms with Gasteiger partial charge in [-0.05, 0) is 145 Å². The molecular formula is C59H42N2. The van der Waals surface area contributed by atoms with Crippen LogP contribution in [-0.4, -0.2) is 0 Å². The molecule has 0 unspecified atom stereocenters. The van der Waals surface area contributed by atoms with Crippen LogP contribution >= 0.6 is 0 Å². The summed E-state index contributed by atoms with van der Waals surface area (Å²) in [5.74, 6) is 0. The van der Waals surface area contributed by atoms with E-state index < -0.39 is 0 Å². The maximum Gasteiger partial charge on any atom is 0.0497 e. The van der Waals surface area contributed by atoms with Crippen molar-refractivity contribution in [2.24, 2.45) is 0 Å². The Morgan fingerprint density at radius 2 is 0.639 bits per heavy atom. The van der Waals surface area contributed by atoms with Crippen LogP contribution in [0.5, 0.6) is 0 Å². The number of benzene rings is 10. The molecule has 288 valence electrons. The summed E-state index contributed by atoms with van der Waals surface area (Å²) in [4.78, 5) is 4.78. The van der Waals surface area contributed by atoms with E-state index >= 15 is 0 Å². The molecule has 0 spiro atoms. The average molecular weight is 779 g/mol. The summed E-state index contributed by atoms with van der Waals surface area (Å²) in [5, 5.41) is 2.52. The standard InChI is InChI=1S/C59H42N2/c1-4-12-42(13-5-1)45-22-30-55(31-23-45)60(56-32-24-46(25-33-56)43-14-6-2-7-15-43)57-34-26-47(27-35-57)49-28-36-58-52(39-49)41-53-40-51(50-21-20-44-16-10-11-17-48(44)38-50)29-37-59(53)61(58)54-18-8-3-9-19-54/h1-40H,41H2. The lowest BCUT2D eigenvalue weighted by molar-refractivity contribution is 1.09. The van der Waals surface area contributed by atoms with E-state index in [2.05, 4.69) is 252 Å². The molecule has 1 heterocycles. The molecule has 2 heteroatoms. The monoisotopic (exact) mass is 778 g/mol. The molecule has 0 saturated heterocycles. The molecule has 0 amide bonds. The first kappa shape index (κ1) is 36.2. The van der Waals surface area contributed by atoms with E-state index in [4.69, 9.17) is 0 Å². The molecule has 0 atom stereocenters. The molecule has 0 radical (unpaired) electrons. The summed E-state index contributed by atoms with van der Waals surface area (Å²) < 4.78 is 0. The molecule has 0 N–H and O–H groups in total. The smallest absolute Gasteiger partial charge is 0.0497 e. The number of anilines is 6. The van der Waals surface area contributed by atoms with Gasteiger partial charge in [-0.3, -0.25) is 0 Å². The summed E-state index contributed by atoms with van der Waals surface area (Å²) in [5.41, 5.74) is 19.3. The van der Waals surface area contributed by atoms with Gasteiger partial charge in [0.1, 0.15) is 0 Å². The van der Waals surface area contributed by atoms with Gasteiger partial charge in [0.2, 0.25) is 0 Å². The van der Waals surface area contributed by atoms with E-state index in [1.165, 1.54) is 77.8 Å². The number of para-hydroxylation sites is 1. The molecule has 0 fully saturated rings. The third-order valence-corrected chi connectivity index (χ3v) is 12.0. The van der Waals surface area contributed by atoms with Gasteiger partial charge in [0.05, 0.1) is 0 Å². The first-order chi connectivity index (χ1) is 30.2. The van der Waals surface area contributed by atoms with Crippen molar-refractivity contribution in [3.63, 3.8) is 0 Å². The Balaban J connectivity index is 0.944. The van der Waals surface area contributed by atoms with Crippen LogP contribution in [0, 0.1) is 0 Å². The molecule has 61 heavy (non-hydrogen) atoms. The van der Waals surface area contributed by atoms with Crippen molar-refractivity contribution < 1.29 is 0 Å². The minimum Gasteiger partial charge on any atom is -0.311 e.